The zero-order valence-corrected chi connectivity index (χ0v) is 11.5. The van der Waals surface area contributed by atoms with Crippen LogP contribution in [0.3, 0.4) is 0 Å². The highest BCUT2D eigenvalue weighted by atomic mass is 16.1. The van der Waals surface area contributed by atoms with Crippen molar-refractivity contribution in [2.24, 2.45) is 0 Å². The summed E-state index contributed by atoms with van der Waals surface area (Å²) in [6, 6.07) is 8.07. The molecular formula is C16H18N2O. The van der Waals surface area contributed by atoms with E-state index in [0.717, 1.165) is 11.1 Å². The highest BCUT2D eigenvalue weighted by Crippen LogP contribution is 2.26. The Bertz CT molecular complexity index is 585. The van der Waals surface area contributed by atoms with Gasteiger partial charge in [0.2, 0.25) is 0 Å². The Labute approximate surface area is 113 Å². The molecule has 0 bridgehead atoms. The minimum Gasteiger partial charge on any atom is -0.352 e. The number of pyridine rings is 1. The van der Waals surface area contributed by atoms with E-state index in [-0.39, 0.29) is 5.91 Å². The third-order valence-corrected chi connectivity index (χ3v) is 3.11. The van der Waals surface area contributed by atoms with Gasteiger partial charge >= 0.3 is 0 Å². The molecule has 0 atom stereocenters. The molecule has 3 heteroatoms. The summed E-state index contributed by atoms with van der Waals surface area (Å²) < 4.78 is 0. The van der Waals surface area contributed by atoms with Crippen molar-refractivity contribution in [3.63, 3.8) is 0 Å². The summed E-state index contributed by atoms with van der Waals surface area (Å²) in [6.45, 7) is 6.66. The van der Waals surface area contributed by atoms with Crippen LogP contribution in [0, 0.1) is 13.8 Å². The Balaban J connectivity index is 2.47. The SMILES string of the molecule is CCNC(=O)c1cncc(-c2c(C)cccc2C)c1. The Hall–Kier alpha value is -2.16. The Morgan fingerprint density at radius 3 is 2.53 bits per heavy atom. The van der Waals surface area contributed by atoms with Crippen LogP contribution in [-0.2, 0) is 0 Å². The third-order valence-electron chi connectivity index (χ3n) is 3.11. The molecule has 0 aliphatic heterocycles. The molecule has 19 heavy (non-hydrogen) atoms. The fraction of sp³-hybridized carbons (Fsp3) is 0.250. The van der Waals surface area contributed by atoms with Crippen LogP contribution in [0.1, 0.15) is 28.4 Å². The first-order chi connectivity index (χ1) is 9.13. The summed E-state index contributed by atoms with van der Waals surface area (Å²) >= 11 is 0. The number of benzene rings is 1. The van der Waals surface area contributed by atoms with Crippen molar-refractivity contribution < 1.29 is 4.79 Å². The van der Waals surface area contributed by atoms with Gasteiger partial charge in [0, 0.05) is 24.5 Å². The number of aromatic nitrogens is 1. The maximum absolute atomic E-state index is 11.8. The van der Waals surface area contributed by atoms with Gasteiger partial charge in [0.25, 0.3) is 5.91 Å². The van der Waals surface area contributed by atoms with Gasteiger partial charge in [-0.3, -0.25) is 9.78 Å². The number of carbonyl (C=O) groups is 1. The van der Waals surface area contributed by atoms with Crippen LogP contribution >= 0.6 is 0 Å². The van der Waals surface area contributed by atoms with E-state index < -0.39 is 0 Å². The van der Waals surface area contributed by atoms with E-state index in [1.165, 1.54) is 11.1 Å². The van der Waals surface area contributed by atoms with Crippen molar-refractivity contribution in [2.75, 3.05) is 6.54 Å². The lowest BCUT2D eigenvalue weighted by atomic mass is 9.96. The topological polar surface area (TPSA) is 42.0 Å². The summed E-state index contributed by atoms with van der Waals surface area (Å²) in [5.74, 6) is -0.0805. The molecule has 1 aromatic carbocycles. The minimum atomic E-state index is -0.0805. The maximum Gasteiger partial charge on any atom is 0.252 e. The Kier molecular flexibility index (Phi) is 3.95. The van der Waals surface area contributed by atoms with Gasteiger partial charge < -0.3 is 5.32 Å². The highest BCUT2D eigenvalue weighted by Gasteiger charge is 2.09. The fourth-order valence-corrected chi connectivity index (χ4v) is 2.23. The second-order valence-corrected chi connectivity index (χ2v) is 4.59. The number of amides is 1. The summed E-state index contributed by atoms with van der Waals surface area (Å²) in [5.41, 5.74) is 5.12. The quantitative estimate of drug-likeness (QED) is 0.914. The van der Waals surface area contributed by atoms with Crippen LogP contribution in [-0.4, -0.2) is 17.4 Å². The molecule has 0 spiro atoms. The predicted octanol–water partition coefficient (Wildman–Crippen LogP) is 3.12. The molecule has 3 nitrogen and oxygen atoms in total. The zero-order valence-electron chi connectivity index (χ0n) is 11.5. The van der Waals surface area contributed by atoms with Crippen molar-refractivity contribution in [3.05, 3.63) is 53.3 Å². The summed E-state index contributed by atoms with van der Waals surface area (Å²) in [7, 11) is 0. The van der Waals surface area contributed by atoms with Gasteiger partial charge in [-0.15, -0.1) is 0 Å². The molecule has 0 aliphatic carbocycles. The number of rotatable bonds is 3. The average molecular weight is 254 g/mol. The normalized spacial score (nSPS) is 10.3. The smallest absolute Gasteiger partial charge is 0.252 e. The molecule has 0 saturated carbocycles. The first kappa shape index (κ1) is 13.3. The van der Waals surface area contributed by atoms with Crippen molar-refractivity contribution in [1.82, 2.24) is 10.3 Å². The second kappa shape index (κ2) is 5.65. The lowest BCUT2D eigenvalue weighted by Crippen LogP contribution is -2.22. The predicted molar refractivity (Wildman–Crippen MR) is 77.2 cm³/mol. The summed E-state index contributed by atoms with van der Waals surface area (Å²) in [6.07, 6.45) is 3.40. The standard InChI is InChI=1S/C16H18N2O/c1-4-18-16(19)14-8-13(9-17-10-14)15-11(2)6-5-7-12(15)3/h5-10H,4H2,1-3H3,(H,18,19). The lowest BCUT2D eigenvalue weighted by Gasteiger charge is -2.10. The summed E-state index contributed by atoms with van der Waals surface area (Å²) in [5, 5.41) is 2.79. The van der Waals surface area contributed by atoms with Gasteiger partial charge in [0.05, 0.1) is 5.56 Å². The number of carbonyl (C=O) groups excluding carboxylic acids is 1. The van der Waals surface area contributed by atoms with E-state index in [4.69, 9.17) is 0 Å². The fourth-order valence-electron chi connectivity index (χ4n) is 2.23. The van der Waals surface area contributed by atoms with E-state index in [1.54, 1.807) is 12.4 Å². The second-order valence-electron chi connectivity index (χ2n) is 4.59. The van der Waals surface area contributed by atoms with Crippen molar-refractivity contribution in [1.29, 1.82) is 0 Å². The van der Waals surface area contributed by atoms with Gasteiger partial charge in [0.15, 0.2) is 0 Å². The number of nitrogens with zero attached hydrogens (tertiary/aromatic N) is 1. The number of hydrogen-bond acceptors (Lipinski definition) is 2. The van der Waals surface area contributed by atoms with E-state index in [0.29, 0.717) is 12.1 Å². The molecule has 0 aliphatic rings. The van der Waals surface area contributed by atoms with Gasteiger partial charge in [-0.25, -0.2) is 0 Å². The molecule has 0 fully saturated rings. The van der Waals surface area contributed by atoms with E-state index >= 15 is 0 Å². The minimum absolute atomic E-state index is 0.0805. The molecule has 2 aromatic rings. The van der Waals surface area contributed by atoms with Crippen LogP contribution in [0.5, 0.6) is 0 Å². The van der Waals surface area contributed by atoms with Gasteiger partial charge in [0.1, 0.15) is 0 Å². The molecule has 1 aromatic heterocycles. The van der Waals surface area contributed by atoms with Gasteiger partial charge in [-0.05, 0) is 43.5 Å². The molecule has 1 N–H and O–H groups in total. The third kappa shape index (κ3) is 2.81. The van der Waals surface area contributed by atoms with Crippen molar-refractivity contribution in [2.45, 2.75) is 20.8 Å². The van der Waals surface area contributed by atoms with Gasteiger partial charge in [-0.2, -0.15) is 0 Å². The zero-order chi connectivity index (χ0) is 13.8. The van der Waals surface area contributed by atoms with Crippen LogP contribution < -0.4 is 5.32 Å². The highest BCUT2D eigenvalue weighted by molar-refractivity contribution is 5.95. The molecule has 1 heterocycles. The molecule has 0 unspecified atom stereocenters. The van der Waals surface area contributed by atoms with Crippen LogP contribution in [0.2, 0.25) is 0 Å². The number of aryl methyl sites for hydroxylation is 2. The van der Waals surface area contributed by atoms with Gasteiger partial charge in [-0.1, -0.05) is 18.2 Å². The van der Waals surface area contributed by atoms with Crippen molar-refractivity contribution in [3.8, 4) is 11.1 Å². The van der Waals surface area contributed by atoms with Crippen LogP contribution in [0.15, 0.2) is 36.7 Å². The van der Waals surface area contributed by atoms with Crippen molar-refractivity contribution >= 4 is 5.91 Å². The molecule has 98 valence electrons. The number of hydrogen-bond donors (Lipinski definition) is 1. The monoisotopic (exact) mass is 254 g/mol. The molecule has 1 amide bonds. The lowest BCUT2D eigenvalue weighted by molar-refractivity contribution is 0.0955. The van der Waals surface area contributed by atoms with Crippen LogP contribution in [0.4, 0.5) is 0 Å². The number of nitrogens with one attached hydrogen (secondary N) is 1. The Morgan fingerprint density at radius 1 is 1.21 bits per heavy atom. The van der Waals surface area contributed by atoms with E-state index in [2.05, 4.69) is 36.3 Å². The largest absolute Gasteiger partial charge is 0.352 e. The molecule has 0 saturated heterocycles. The first-order valence-electron chi connectivity index (χ1n) is 6.43. The molecule has 2 rings (SSSR count). The molecular weight excluding hydrogens is 236 g/mol. The van der Waals surface area contributed by atoms with E-state index in [1.807, 2.05) is 19.1 Å². The average Bonchev–Trinajstić information content (AvgIpc) is 2.39. The summed E-state index contributed by atoms with van der Waals surface area (Å²) in [4.78, 5) is 16.0. The maximum atomic E-state index is 11.8. The molecule has 0 radical (unpaired) electrons. The first-order valence-corrected chi connectivity index (χ1v) is 6.43. The Morgan fingerprint density at radius 2 is 1.89 bits per heavy atom. The van der Waals surface area contributed by atoms with E-state index in [9.17, 15) is 4.79 Å². The van der Waals surface area contributed by atoms with Crippen LogP contribution in [0.25, 0.3) is 11.1 Å².